The first-order chi connectivity index (χ1) is 12.0. The smallest absolute Gasteiger partial charge is 0.242 e. The minimum Gasteiger partial charge on any atom is -0.338 e. The van der Waals surface area contributed by atoms with Crippen molar-refractivity contribution in [2.75, 3.05) is 7.05 Å². The minimum absolute atomic E-state index is 0.0312. The molecule has 5 heteroatoms. The molecule has 3 aromatic rings. The van der Waals surface area contributed by atoms with Crippen molar-refractivity contribution in [1.82, 2.24) is 9.47 Å². The molecule has 1 atom stereocenters. The highest BCUT2D eigenvalue weighted by Crippen LogP contribution is 2.21. The van der Waals surface area contributed by atoms with Gasteiger partial charge in [-0.3, -0.25) is 9.59 Å². The number of hydrogen-bond donors (Lipinski definition) is 0. The van der Waals surface area contributed by atoms with Crippen LogP contribution in [0.5, 0.6) is 0 Å². The highest BCUT2D eigenvalue weighted by molar-refractivity contribution is 6.30. The first-order valence-electron chi connectivity index (χ1n) is 8.06. The zero-order valence-corrected chi connectivity index (χ0v) is 14.9. The van der Waals surface area contributed by atoms with Gasteiger partial charge in [0.05, 0.1) is 11.6 Å². The minimum atomic E-state index is -0.0737. The summed E-state index contributed by atoms with van der Waals surface area (Å²) < 4.78 is 1.81. The number of nitrogens with zero attached hydrogens (tertiary/aromatic N) is 2. The molecule has 0 N–H and O–H groups in total. The molecule has 1 amide bonds. The molecule has 2 aromatic carbocycles. The van der Waals surface area contributed by atoms with Crippen LogP contribution in [0.4, 0.5) is 0 Å². The zero-order chi connectivity index (χ0) is 18.0. The lowest BCUT2D eigenvalue weighted by molar-refractivity contribution is -0.132. The van der Waals surface area contributed by atoms with E-state index >= 15 is 0 Å². The van der Waals surface area contributed by atoms with Gasteiger partial charge in [-0.05, 0) is 36.8 Å². The summed E-state index contributed by atoms with van der Waals surface area (Å²) >= 11 is 5.92. The number of pyridine rings is 1. The van der Waals surface area contributed by atoms with E-state index in [1.165, 1.54) is 6.07 Å². The second-order valence-corrected chi connectivity index (χ2v) is 6.49. The number of likely N-dealkylation sites (N-methyl/N-ethyl adjacent to an activating group) is 1. The van der Waals surface area contributed by atoms with Crippen LogP contribution in [0.3, 0.4) is 0 Å². The van der Waals surface area contributed by atoms with Crippen molar-refractivity contribution in [2.45, 2.75) is 19.5 Å². The van der Waals surface area contributed by atoms with Gasteiger partial charge in [-0.15, -0.1) is 0 Å². The van der Waals surface area contributed by atoms with E-state index in [9.17, 15) is 9.59 Å². The highest BCUT2D eigenvalue weighted by Gasteiger charge is 2.18. The molecular formula is C20H19ClN2O2. The van der Waals surface area contributed by atoms with E-state index in [-0.39, 0.29) is 23.9 Å². The van der Waals surface area contributed by atoms with Crippen molar-refractivity contribution < 1.29 is 4.79 Å². The third kappa shape index (κ3) is 3.59. The van der Waals surface area contributed by atoms with Crippen LogP contribution in [-0.4, -0.2) is 22.4 Å². The lowest BCUT2D eigenvalue weighted by Gasteiger charge is -2.26. The van der Waals surface area contributed by atoms with Crippen molar-refractivity contribution in [3.05, 3.63) is 81.6 Å². The third-order valence-electron chi connectivity index (χ3n) is 4.52. The average molecular weight is 355 g/mol. The summed E-state index contributed by atoms with van der Waals surface area (Å²) in [6.07, 6.45) is 1.67. The van der Waals surface area contributed by atoms with Gasteiger partial charge in [-0.2, -0.15) is 0 Å². The SMILES string of the molecule is C[C@@H](c1ccc(Cl)cc1)N(C)C(=O)Cn1ccc(=O)c2ccccc21. The molecule has 0 fully saturated rings. The standard InChI is InChI=1S/C20H19ClN2O2/c1-14(15-7-9-16(21)10-8-15)22(2)20(25)13-23-12-11-19(24)17-5-3-4-6-18(17)23/h3-12,14H,13H2,1-2H3/t14-/m0/s1. The van der Waals surface area contributed by atoms with Crippen LogP contribution >= 0.6 is 11.6 Å². The predicted octanol–water partition coefficient (Wildman–Crippen LogP) is 3.87. The molecule has 1 aromatic heterocycles. The molecule has 0 saturated heterocycles. The maximum atomic E-state index is 12.7. The fraction of sp³-hybridized carbons (Fsp3) is 0.200. The van der Waals surface area contributed by atoms with Crippen molar-refractivity contribution in [1.29, 1.82) is 0 Å². The van der Waals surface area contributed by atoms with Crippen LogP contribution in [0.15, 0.2) is 65.6 Å². The maximum Gasteiger partial charge on any atom is 0.242 e. The number of benzene rings is 2. The Hall–Kier alpha value is -2.59. The highest BCUT2D eigenvalue weighted by atomic mass is 35.5. The number of para-hydroxylation sites is 1. The van der Waals surface area contributed by atoms with E-state index in [2.05, 4.69) is 0 Å². The van der Waals surface area contributed by atoms with Crippen LogP contribution in [0.2, 0.25) is 5.02 Å². The van der Waals surface area contributed by atoms with E-state index in [0.29, 0.717) is 10.4 Å². The van der Waals surface area contributed by atoms with Gasteiger partial charge in [0.15, 0.2) is 5.43 Å². The van der Waals surface area contributed by atoms with Crippen LogP contribution in [-0.2, 0) is 11.3 Å². The second kappa shape index (κ2) is 7.11. The number of rotatable bonds is 4. The fourth-order valence-electron chi connectivity index (χ4n) is 2.84. The topological polar surface area (TPSA) is 42.3 Å². The van der Waals surface area contributed by atoms with Crippen LogP contribution in [0.25, 0.3) is 10.9 Å². The van der Waals surface area contributed by atoms with E-state index < -0.39 is 0 Å². The van der Waals surface area contributed by atoms with Crippen molar-refractivity contribution in [3.63, 3.8) is 0 Å². The second-order valence-electron chi connectivity index (χ2n) is 6.06. The Morgan fingerprint density at radius 3 is 2.52 bits per heavy atom. The molecule has 0 aliphatic heterocycles. The fourth-order valence-corrected chi connectivity index (χ4v) is 2.96. The van der Waals surface area contributed by atoms with Gasteiger partial charge in [0, 0.05) is 29.7 Å². The molecule has 0 saturated carbocycles. The molecule has 0 aliphatic rings. The lowest BCUT2D eigenvalue weighted by Crippen LogP contribution is -2.32. The number of hydrogen-bond acceptors (Lipinski definition) is 2. The summed E-state index contributed by atoms with van der Waals surface area (Å²) in [4.78, 5) is 26.4. The first kappa shape index (κ1) is 17.2. The summed E-state index contributed by atoms with van der Waals surface area (Å²) in [7, 11) is 1.78. The predicted molar refractivity (Wildman–Crippen MR) is 101 cm³/mol. The number of carbonyl (C=O) groups is 1. The van der Waals surface area contributed by atoms with Gasteiger partial charge in [-0.1, -0.05) is 35.9 Å². The number of carbonyl (C=O) groups excluding carboxylic acids is 1. The van der Waals surface area contributed by atoms with Crippen LogP contribution < -0.4 is 5.43 Å². The Bertz CT molecular complexity index is 963. The summed E-state index contributed by atoms with van der Waals surface area (Å²) in [5.74, 6) is -0.0312. The molecule has 25 heavy (non-hydrogen) atoms. The van der Waals surface area contributed by atoms with Gasteiger partial charge in [0.1, 0.15) is 6.54 Å². The van der Waals surface area contributed by atoms with Gasteiger partial charge in [-0.25, -0.2) is 0 Å². The molecule has 1 heterocycles. The van der Waals surface area contributed by atoms with E-state index in [1.54, 1.807) is 24.2 Å². The molecular weight excluding hydrogens is 336 g/mol. The number of halogens is 1. The zero-order valence-electron chi connectivity index (χ0n) is 14.1. The Morgan fingerprint density at radius 2 is 1.80 bits per heavy atom. The number of amides is 1. The first-order valence-corrected chi connectivity index (χ1v) is 8.44. The number of fused-ring (bicyclic) bond motifs is 1. The van der Waals surface area contributed by atoms with Crippen LogP contribution in [0.1, 0.15) is 18.5 Å². The largest absolute Gasteiger partial charge is 0.338 e. The Balaban J connectivity index is 1.83. The average Bonchev–Trinajstić information content (AvgIpc) is 2.63. The quantitative estimate of drug-likeness (QED) is 0.713. The van der Waals surface area contributed by atoms with Gasteiger partial charge in [0.25, 0.3) is 0 Å². The van der Waals surface area contributed by atoms with Gasteiger partial charge < -0.3 is 9.47 Å². The lowest BCUT2D eigenvalue weighted by atomic mass is 10.1. The molecule has 0 unspecified atom stereocenters. The Labute approximate surface area is 151 Å². The van der Waals surface area contributed by atoms with Crippen molar-refractivity contribution in [3.8, 4) is 0 Å². The van der Waals surface area contributed by atoms with Gasteiger partial charge in [0.2, 0.25) is 5.91 Å². The normalized spacial score (nSPS) is 12.1. The molecule has 4 nitrogen and oxygen atoms in total. The monoisotopic (exact) mass is 354 g/mol. The maximum absolute atomic E-state index is 12.7. The molecule has 0 radical (unpaired) electrons. The summed E-state index contributed by atoms with van der Waals surface area (Å²) in [5, 5.41) is 1.29. The number of aromatic nitrogens is 1. The summed E-state index contributed by atoms with van der Waals surface area (Å²) in [6.45, 7) is 2.15. The molecule has 0 spiro atoms. The van der Waals surface area contributed by atoms with Crippen LogP contribution in [0, 0.1) is 0 Å². The van der Waals surface area contributed by atoms with E-state index in [1.807, 2.05) is 54.0 Å². The molecule has 128 valence electrons. The van der Waals surface area contributed by atoms with Crippen molar-refractivity contribution >= 4 is 28.4 Å². The summed E-state index contributed by atoms with van der Waals surface area (Å²) in [6, 6.07) is 16.2. The summed E-state index contributed by atoms with van der Waals surface area (Å²) in [5.41, 5.74) is 1.74. The van der Waals surface area contributed by atoms with E-state index in [4.69, 9.17) is 11.6 Å². The molecule has 0 bridgehead atoms. The van der Waals surface area contributed by atoms with E-state index in [0.717, 1.165) is 11.1 Å². The van der Waals surface area contributed by atoms with Gasteiger partial charge >= 0.3 is 0 Å². The molecule has 3 rings (SSSR count). The van der Waals surface area contributed by atoms with Crippen molar-refractivity contribution in [2.24, 2.45) is 0 Å². The molecule has 0 aliphatic carbocycles. The third-order valence-corrected chi connectivity index (χ3v) is 4.77. The Kier molecular flexibility index (Phi) is 4.91. The Morgan fingerprint density at radius 1 is 1.12 bits per heavy atom.